The summed E-state index contributed by atoms with van der Waals surface area (Å²) in [5, 5.41) is 9.90. The molecule has 1 fully saturated rings. The average molecular weight is 223 g/mol. The van der Waals surface area contributed by atoms with E-state index in [1.165, 1.54) is 0 Å². The Labute approximate surface area is 95.2 Å². The van der Waals surface area contributed by atoms with E-state index in [0.717, 1.165) is 24.2 Å². The zero-order valence-corrected chi connectivity index (χ0v) is 9.86. The van der Waals surface area contributed by atoms with Crippen LogP contribution in [0.1, 0.15) is 25.3 Å². The van der Waals surface area contributed by atoms with E-state index < -0.39 is 6.10 Å². The number of aliphatic hydroxyl groups excluding tert-OH is 1. The molecule has 0 spiro atoms. The highest BCUT2D eigenvalue weighted by Gasteiger charge is 2.52. The third-order valence-electron chi connectivity index (χ3n) is 3.38. The third kappa shape index (κ3) is 1.53. The van der Waals surface area contributed by atoms with Crippen LogP contribution in [0.2, 0.25) is 0 Å². The summed E-state index contributed by atoms with van der Waals surface area (Å²) in [5.41, 5.74) is 0.667. The highest BCUT2D eigenvalue weighted by atomic mass is 16.5. The first-order valence-corrected chi connectivity index (χ1v) is 5.41. The second-order valence-electron chi connectivity index (χ2n) is 4.23. The smallest absolute Gasteiger partial charge is 0.220 e. The fourth-order valence-corrected chi connectivity index (χ4v) is 2.22. The standard InChI is InChI=1S/C12H17NO3/c1-8(14)12(5-6-12)10-9(15-2)4-7-13-11(10)16-3/h4,7-8,14H,5-6H2,1-3H3. The molecule has 2 rings (SSSR count). The molecular formula is C12H17NO3. The molecule has 0 bridgehead atoms. The van der Waals surface area contributed by atoms with Crippen LogP contribution in [0.4, 0.5) is 0 Å². The van der Waals surface area contributed by atoms with Gasteiger partial charge in [0.2, 0.25) is 5.88 Å². The predicted molar refractivity (Wildman–Crippen MR) is 59.9 cm³/mol. The molecule has 1 atom stereocenters. The first-order chi connectivity index (χ1) is 7.65. The van der Waals surface area contributed by atoms with E-state index >= 15 is 0 Å². The van der Waals surface area contributed by atoms with Crippen molar-refractivity contribution in [2.24, 2.45) is 0 Å². The quantitative estimate of drug-likeness (QED) is 0.840. The summed E-state index contributed by atoms with van der Waals surface area (Å²) in [6.07, 6.45) is 3.13. The number of hydrogen-bond donors (Lipinski definition) is 1. The molecule has 4 nitrogen and oxygen atoms in total. The molecule has 4 heteroatoms. The number of aliphatic hydroxyl groups is 1. The van der Waals surface area contributed by atoms with E-state index in [1.807, 2.05) is 0 Å². The van der Waals surface area contributed by atoms with Crippen LogP contribution in [0.5, 0.6) is 11.6 Å². The Balaban J connectivity index is 2.53. The van der Waals surface area contributed by atoms with Gasteiger partial charge in [-0.25, -0.2) is 4.98 Å². The minimum atomic E-state index is -0.417. The molecule has 0 saturated heterocycles. The Hall–Kier alpha value is -1.29. The number of methoxy groups -OCH3 is 2. The molecule has 1 aliphatic rings. The molecule has 0 amide bonds. The van der Waals surface area contributed by atoms with Gasteiger partial charge in [-0.05, 0) is 25.8 Å². The third-order valence-corrected chi connectivity index (χ3v) is 3.38. The highest BCUT2D eigenvalue weighted by Crippen LogP contribution is 2.56. The number of pyridine rings is 1. The molecule has 0 radical (unpaired) electrons. The lowest BCUT2D eigenvalue weighted by atomic mass is 9.91. The maximum Gasteiger partial charge on any atom is 0.220 e. The summed E-state index contributed by atoms with van der Waals surface area (Å²) in [6, 6.07) is 1.81. The predicted octanol–water partition coefficient (Wildman–Crippen LogP) is 1.51. The van der Waals surface area contributed by atoms with Crippen molar-refractivity contribution in [3.05, 3.63) is 17.8 Å². The van der Waals surface area contributed by atoms with Crippen molar-refractivity contribution >= 4 is 0 Å². The van der Waals surface area contributed by atoms with E-state index in [9.17, 15) is 5.11 Å². The number of nitrogens with zero attached hydrogens (tertiary/aromatic N) is 1. The van der Waals surface area contributed by atoms with E-state index in [1.54, 1.807) is 33.4 Å². The Morgan fingerprint density at radius 2 is 2.06 bits per heavy atom. The van der Waals surface area contributed by atoms with Crippen LogP contribution >= 0.6 is 0 Å². The van der Waals surface area contributed by atoms with E-state index in [4.69, 9.17) is 9.47 Å². The maximum absolute atomic E-state index is 9.90. The molecule has 1 aromatic rings. The van der Waals surface area contributed by atoms with Crippen molar-refractivity contribution in [1.82, 2.24) is 4.98 Å². The normalized spacial score (nSPS) is 19.0. The average Bonchev–Trinajstić information content (AvgIpc) is 3.09. The number of rotatable bonds is 4. The molecule has 1 aromatic heterocycles. The Bertz CT molecular complexity index is 364. The summed E-state index contributed by atoms with van der Waals surface area (Å²) in [5.74, 6) is 1.29. The molecule has 1 aliphatic carbocycles. The Kier molecular flexibility index (Phi) is 2.76. The lowest BCUT2D eigenvalue weighted by Crippen LogP contribution is -2.24. The van der Waals surface area contributed by atoms with Gasteiger partial charge in [-0.2, -0.15) is 0 Å². The second kappa shape index (κ2) is 3.94. The maximum atomic E-state index is 9.90. The summed E-state index contributed by atoms with van der Waals surface area (Å²) < 4.78 is 10.6. The van der Waals surface area contributed by atoms with Crippen LogP contribution in [-0.2, 0) is 5.41 Å². The SMILES string of the molecule is COc1ccnc(OC)c1C1(C(C)O)CC1. The molecule has 16 heavy (non-hydrogen) atoms. The van der Waals surface area contributed by atoms with Crippen LogP contribution in [0, 0.1) is 0 Å². The van der Waals surface area contributed by atoms with Gasteiger partial charge in [0.05, 0.1) is 25.9 Å². The molecular weight excluding hydrogens is 206 g/mol. The summed E-state index contributed by atoms with van der Waals surface area (Å²) in [4.78, 5) is 4.18. The molecule has 1 heterocycles. The summed E-state index contributed by atoms with van der Waals surface area (Å²) >= 11 is 0. The van der Waals surface area contributed by atoms with Crippen molar-refractivity contribution < 1.29 is 14.6 Å². The Morgan fingerprint density at radius 3 is 2.50 bits per heavy atom. The molecule has 1 unspecified atom stereocenters. The molecule has 1 saturated carbocycles. The van der Waals surface area contributed by atoms with Crippen molar-refractivity contribution in [2.45, 2.75) is 31.3 Å². The van der Waals surface area contributed by atoms with Crippen LogP contribution in [0.3, 0.4) is 0 Å². The fraction of sp³-hybridized carbons (Fsp3) is 0.583. The number of ether oxygens (including phenoxy) is 2. The zero-order chi connectivity index (χ0) is 11.8. The first kappa shape index (κ1) is 11.2. The van der Waals surface area contributed by atoms with Crippen LogP contribution in [0.25, 0.3) is 0 Å². The van der Waals surface area contributed by atoms with Gasteiger partial charge < -0.3 is 14.6 Å². The fourth-order valence-electron chi connectivity index (χ4n) is 2.22. The minimum Gasteiger partial charge on any atom is -0.496 e. The summed E-state index contributed by atoms with van der Waals surface area (Å²) in [6.45, 7) is 1.80. The van der Waals surface area contributed by atoms with Gasteiger partial charge in [0.1, 0.15) is 5.75 Å². The summed E-state index contributed by atoms with van der Waals surface area (Å²) in [7, 11) is 3.21. The van der Waals surface area contributed by atoms with E-state index in [-0.39, 0.29) is 5.41 Å². The number of hydrogen-bond acceptors (Lipinski definition) is 4. The monoisotopic (exact) mass is 223 g/mol. The van der Waals surface area contributed by atoms with Gasteiger partial charge in [-0.3, -0.25) is 0 Å². The highest BCUT2D eigenvalue weighted by molar-refractivity contribution is 5.49. The van der Waals surface area contributed by atoms with Gasteiger partial charge >= 0.3 is 0 Å². The van der Waals surface area contributed by atoms with Crippen LogP contribution in [0.15, 0.2) is 12.3 Å². The lowest BCUT2D eigenvalue weighted by molar-refractivity contribution is 0.146. The number of aromatic nitrogens is 1. The molecule has 1 N–H and O–H groups in total. The minimum absolute atomic E-state index is 0.231. The van der Waals surface area contributed by atoms with Gasteiger partial charge in [-0.15, -0.1) is 0 Å². The lowest BCUT2D eigenvalue weighted by Gasteiger charge is -2.23. The van der Waals surface area contributed by atoms with Crippen molar-refractivity contribution in [3.63, 3.8) is 0 Å². The largest absolute Gasteiger partial charge is 0.496 e. The molecule has 0 aliphatic heterocycles. The van der Waals surface area contributed by atoms with Gasteiger partial charge in [-0.1, -0.05) is 0 Å². The first-order valence-electron chi connectivity index (χ1n) is 5.41. The van der Waals surface area contributed by atoms with Crippen molar-refractivity contribution in [1.29, 1.82) is 0 Å². The van der Waals surface area contributed by atoms with Crippen molar-refractivity contribution in [2.75, 3.05) is 14.2 Å². The Morgan fingerprint density at radius 1 is 1.38 bits per heavy atom. The van der Waals surface area contributed by atoms with Gasteiger partial charge in [0, 0.05) is 11.6 Å². The van der Waals surface area contributed by atoms with Crippen LogP contribution in [-0.4, -0.2) is 30.4 Å². The topological polar surface area (TPSA) is 51.6 Å². The zero-order valence-electron chi connectivity index (χ0n) is 9.86. The van der Waals surface area contributed by atoms with Crippen LogP contribution < -0.4 is 9.47 Å². The molecule has 88 valence electrons. The van der Waals surface area contributed by atoms with E-state index in [2.05, 4.69) is 4.98 Å². The molecule has 0 aromatic carbocycles. The van der Waals surface area contributed by atoms with E-state index in [0.29, 0.717) is 5.88 Å². The van der Waals surface area contributed by atoms with Gasteiger partial charge in [0.15, 0.2) is 0 Å². The van der Waals surface area contributed by atoms with Gasteiger partial charge in [0.25, 0.3) is 0 Å². The second-order valence-corrected chi connectivity index (χ2v) is 4.23. The van der Waals surface area contributed by atoms with Crippen molar-refractivity contribution in [3.8, 4) is 11.6 Å².